The SMILES string of the molecule is CCOc1ccc(OCC(O)COc2ccc(OCC)cc2)cc1. The van der Waals surface area contributed by atoms with Gasteiger partial charge in [0.25, 0.3) is 0 Å². The first-order chi connectivity index (χ1) is 11.7. The molecule has 0 aliphatic heterocycles. The number of aliphatic hydroxyl groups excluding tert-OH is 1. The van der Waals surface area contributed by atoms with Crippen LogP contribution in [0, 0.1) is 0 Å². The van der Waals surface area contributed by atoms with Gasteiger partial charge < -0.3 is 24.1 Å². The highest BCUT2D eigenvalue weighted by molar-refractivity contribution is 5.32. The first kappa shape index (κ1) is 17.9. The van der Waals surface area contributed by atoms with Crippen molar-refractivity contribution < 1.29 is 24.1 Å². The zero-order valence-electron chi connectivity index (χ0n) is 14.1. The van der Waals surface area contributed by atoms with Crippen molar-refractivity contribution in [3.63, 3.8) is 0 Å². The maximum absolute atomic E-state index is 9.95. The normalized spacial score (nSPS) is 10.5. The number of rotatable bonds is 10. The lowest BCUT2D eigenvalue weighted by molar-refractivity contribution is 0.0626. The number of aliphatic hydroxyl groups is 1. The minimum Gasteiger partial charge on any atom is -0.494 e. The van der Waals surface area contributed by atoms with Gasteiger partial charge in [0.1, 0.15) is 42.3 Å². The zero-order chi connectivity index (χ0) is 17.2. The van der Waals surface area contributed by atoms with Crippen molar-refractivity contribution in [2.45, 2.75) is 20.0 Å². The standard InChI is InChI=1S/C19H24O5/c1-3-21-16-5-9-18(10-6-16)23-13-15(20)14-24-19-11-7-17(8-12-19)22-4-2/h5-12,15,20H,3-4,13-14H2,1-2H3. The predicted octanol–water partition coefficient (Wildman–Crippen LogP) is 3.30. The van der Waals surface area contributed by atoms with Crippen LogP contribution in [-0.2, 0) is 0 Å². The minimum absolute atomic E-state index is 0.158. The van der Waals surface area contributed by atoms with Gasteiger partial charge in [0, 0.05) is 0 Å². The summed E-state index contributed by atoms with van der Waals surface area (Å²) in [5, 5.41) is 9.95. The second kappa shape index (κ2) is 9.67. The van der Waals surface area contributed by atoms with E-state index in [0.29, 0.717) is 24.7 Å². The Kier molecular flexibility index (Phi) is 7.23. The molecule has 2 rings (SSSR count). The first-order valence-corrected chi connectivity index (χ1v) is 8.10. The summed E-state index contributed by atoms with van der Waals surface area (Å²) in [4.78, 5) is 0. The first-order valence-electron chi connectivity index (χ1n) is 8.10. The summed E-state index contributed by atoms with van der Waals surface area (Å²) in [5.41, 5.74) is 0. The largest absolute Gasteiger partial charge is 0.494 e. The van der Waals surface area contributed by atoms with Gasteiger partial charge in [-0.2, -0.15) is 0 Å². The zero-order valence-corrected chi connectivity index (χ0v) is 14.1. The molecule has 0 radical (unpaired) electrons. The highest BCUT2D eigenvalue weighted by Crippen LogP contribution is 2.19. The van der Waals surface area contributed by atoms with E-state index < -0.39 is 6.10 Å². The van der Waals surface area contributed by atoms with E-state index in [1.54, 1.807) is 0 Å². The molecule has 0 saturated carbocycles. The molecule has 0 saturated heterocycles. The number of ether oxygens (including phenoxy) is 4. The molecular formula is C19H24O5. The summed E-state index contributed by atoms with van der Waals surface area (Å²) in [7, 11) is 0. The van der Waals surface area contributed by atoms with Crippen molar-refractivity contribution in [1.29, 1.82) is 0 Å². The fourth-order valence-corrected chi connectivity index (χ4v) is 2.03. The third-order valence-corrected chi connectivity index (χ3v) is 3.15. The van der Waals surface area contributed by atoms with E-state index in [1.165, 1.54) is 0 Å². The van der Waals surface area contributed by atoms with Gasteiger partial charge in [0.05, 0.1) is 13.2 Å². The summed E-state index contributed by atoms with van der Waals surface area (Å²) < 4.78 is 21.8. The molecule has 1 N–H and O–H groups in total. The van der Waals surface area contributed by atoms with E-state index in [1.807, 2.05) is 62.4 Å². The van der Waals surface area contributed by atoms with E-state index in [0.717, 1.165) is 11.5 Å². The fraction of sp³-hybridized carbons (Fsp3) is 0.368. The third-order valence-electron chi connectivity index (χ3n) is 3.15. The predicted molar refractivity (Wildman–Crippen MR) is 92.2 cm³/mol. The topological polar surface area (TPSA) is 57.2 Å². The lowest BCUT2D eigenvalue weighted by atomic mass is 10.3. The molecule has 130 valence electrons. The molecule has 0 bridgehead atoms. The number of hydrogen-bond donors (Lipinski definition) is 1. The van der Waals surface area contributed by atoms with Crippen LogP contribution in [0.5, 0.6) is 23.0 Å². The van der Waals surface area contributed by atoms with Gasteiger partial charge in [-0.15, -0.1) is 0 Å². The van der Waals surface area contributed by atoms with Crippen molar-refractivity contribution in [3.8, 4) is 23.0 Å². The van der Waals surface area contributed by atoms with Crippen LogP contribution in [0.4, 0.5) is 0 Å². The molecule has 0 heterocycles. The molecular weight excluding hydrogens is 308 g/mol. The quantitative estimate of drug-likeness (QED) is 0.723. The van der Waals surface area contributed by atoms with E-state index in [4.69, 9.17) is 18.9 Å². The second-order valence-corrected chi connectivity index (χ2v) is 5.08. The van der Waals surface area contributed by atoms with Crippen molar-refractivity contribution in [2.75, 3.05) is 26.4 Å². The molecule has 0 spiro atoms. The van der Waals surface area contributed by atoms with E-state index in [2.05, 4.69) is 0 Å². The Morgan fingerprint density at radius 3 is 1.21 bits per heavy atom. The van der Waals surface area contributed by atoms with Crippen LogP contribution < -0.4 is 18.9 Å². The molecule has 0 atom stereocenters. The van der Waals surface area contributed by atoms with Gasteiger partial charge in [0.15, 0.2) is 0 Å². The van der Waals surface area contributed by atoms with Gasteiger partial charge in [-0.05, 0) is 62.4 Å². The maximum Gasteiger partial charge on any atom is 0.122 e. The number of hydrogen-bond acceptors (Lipinski definition) is 5. The van der Waals surface area contributed by atoms with Crippen LogP contribution in [0.25, 0.3) is 0 Å². The highest BCUT2D eigenvalue weighted by Gasteiger charge is 2.07. The average Bonchev–Trinajstić information content (AvgIpc) is 2.61. The van der Waals surface area contributed by atoms with Crippen LogP contribution >= 0.6 is 0 Å². The van der Waals surface area contributed by atoms with Crippen LogP contribution in [0.2, 0.25) is 0 Å². The number of benzene rings is 2. The molecule has 0 aromatic heterocycles. The van der Waals surface area contributed by atoms with Crippen LogP contribution in [-0.4, -0.2) is 37.6 Å². The Balaban J connectivity index is 1.71. The van der Waals surface area contributed by atoms with Gasteiger partial charge in [-0.1, -0.05) is 0 Å². The van der Waals surface area contributed by atoms with Gasteiger partial charge in [0.2, 0.25) is 0 Å². The Morgan fingerprint density at radius 2 is 0.917 bits per heavy atom. The van der Waals surface area contributed by atoms with Gasteiger partial charge >= 0.3 is 0 Å². The molecule has 24 heavy (non-hydrogen) atoms. The van der Waals surface area contributed by atoms with Crippen LogP contribution in [0.1, 0.15) is 13.8 Å². The lowest BCUT2D eigenvalue weighted by Crippen LogP contribution is -2.25. The second-order valence-electron chi connectivity index (χ2n) is 5.08. The molecule has 0 amide bonds. The van der Waals surface area contributed by atoms with Gasteiger partial charge in [-0.3, -0.25) is 0 Å². The van der Waals surface area contributed by atoms with Crippen molar-refractivity contribution >= 4 is 0 Å². The molecule has 0 unspecified atom stereocenters. The molecule has 2 aromatic rings. The summed E-state index contributed by atoms with van der Waals surface area (Å²) in [5.74, 6) is 2.95. The molecule has 0 aliphatic rings. The molecule has 0 aliphatic carbocycles. The smallest absolute Gasteiger partial charge is 0.122 e. The Labute approximate surface area is 142 Å². The van der Waals surface area contributed by atoms with E-state index >= 15 is 0 Å². The van der Waals surface area contributed by atoms with Crippen molar-refractivity contribution in [2.24, 2.45) is 0 Å². The molecule has 5 nitrogen and oxygen atoms in total. The minimum atomic E-state index is -0.719. The highest BCUT2D eigenvalue weighted by atomic mass is 16.5. The summed E-state index contributed by atoms with van der Waals surface area (Å²) >= 11 is 0. The van der Waals surface area contributed by atoms with E-state index in [-0.39, 0.29) is 13.2 Å². The molecule has 5 heteroatoms. The molecule has 2 aromatic carbocycles. The summed E-state index contributed by atoms with van der Waals surface area (Å²) in [6, 6.07) is 14.6. The summed E-state index contributed by atoms with van der Waals surface area (Å²) in [6.45, 7) is 5.44. The fourth-order valence-electron chi connectivity index (χ4n) is 2.03. The van der Waals surface area contributed by atoms with Crippen molar-refractivity contribution in [3.05, 3.63) is 48.5 Å². The Bertz CT molecular complexity index is 526. The van der Waals surface area contributed by atoms with E-state index in [9.17, 15) is 5.11 Å². The third kappa shape index (κ3) is 6.01. The summed E-state index contributed by atoms with van der Waals surface area (Å²) in [6.07, 6.45) is -0.719. The Morgan fingerprint density at radius 1 is 0.625 bits per heavy atom. The van der Waals surface area contributed by atoms with Crippen LogP contribution in [0.15, 0.2) is 48.5 Å². The van der Waals surface area contributed by atoms with Crippen LogP contribution in [0.3, 0.4) is 0 Å². The maximum atomic E-state index is 9.95. The van der Waals surface area contributed by atoms with Gasteiger partial charge in [-0.25, -0.2) is 0 Å². The Hall–Kier alpha value is -2.40. The monoisotopic (exact) mass is 332 g/mol. The molecule has 0 fully saturated rings. The van der Waals surface area contributed by atoms with Crippen molar-refractivity contribution in [1.82, 2.24) is 0 Å². The lowest BCUT2D eigenvalue weighted by Gasteiger charge is -2.14. The average molecular weight is 332 g/mol.